The second-order valence-corrected chi connectivity index (χ2v) is 5.27. The predicted molar refractivity (Wildman–Crippen MR) is 73.5 cm³/mol. The number of nitrogens with zero attached hydrogens (tertiary/aromatic N) is 1. The van der Waals surface area contributed by atoms with Crippen LogP contribution in [0.5, 0.6) is 0 Å². The van der Waals surface area contributed by atoms with Crippen molar-refractivity contribution in [3.05, 3.63) is 64.4 Å². The van der Waals surface area contributed by atoms with Gasteiger partial charge in [-0.2, -0.15) is 0 Å². The van der Waals surface area contributed by atoms with E-state index in [9.17, 15) is 0 Å². The van der Waals surface area contributed by atoms with E-state index in [0.717, 1.165) is 23.4 Å². The third-order valence-electron chi connectivity index (χ3n) is 3.74. The Kier molecular flexibility index (Phi) is 3.06. The molecule has 2 unspecified atom stereocenters. The number of hydrogen-bond donors (Lipinski definition) is 1. The second-order valence-electron chi connectivity index (χ2n) is 4.86. The monoisotopic (exact) mass is 258 g/mol. The molecule has 0 aliphatic heterocycles. The summed E-state index contributed by atoms with van der Waals surface area (Å²) < 4.78 is 0. The molecule has 3 rings (SSSR count). The van der Waals surface area contributed by atoms with Gasteiger partial charge in [0.25, 0.3) is 0 Å². The maximum atomic E-state index is 6.33. The minimum atomic E-state index is 0.116. The fraction of sp³-hybridized carbons (Fsp3) is 0.267. The first-order valence-electron chi connectivity index (χ1n) is 6.17. The quantitative estimate of drug-likeness (QED) is 0.899. The third-order valence-corrected chi connectivity index (χ3v) is 4.08. The van der Waals surface area contributed by atoms with Crippen LogP contribution in [0.25, 0.3) is 0 Å². The molecule has 0 amide bonds. The van der Waals surface area contributed by atoms with Crippen LogP contribution in [0.2, 0.25) is 5.02 Å². The molecular weight excluding hydrogens is 244 g/mol. The van der Waals surface area contributed by atoms with Crippen LogP contribution in [0.3, 0.4) is 0 Å². The maximum absolute atomic E-state index is 6.33. The van der Waals surface area contributed by atoms with E-state index in [1.165, 1.54) is 11.1 Å². The van der Waals surface area contributed by atoms with Crippen LogP contribution < -0.4 is 5.73 Å². The van der Waals surface area contributed by atoms with E-state index in [0.29, 0.717) is 5.92 Å². The molecule has 2 nitrogen and oxygen atoms in total. The molecule has 0 radical (unpaired) electrons. The fourth-order valence-electron chi connectivity index (χ4n) is 2.76. The van der Waals surface area contributed by atoms with Crippen molar-refractivity contribution in [1.82, 2.24) is 4.98 Å². The van der Waals surface area contributed by atoms with E-state index < -0.39 is 0 Å². The first-order chi connectivity index (χ1) is 8.75. The Morgan fingerprint density at radius 3 is 2.89 bits per heavy atom. The minimum Gasteiger partial charge on any atom is -0.324 e. The summed E-state index contributed by atoms with van der Waals surface area (Å²) in [6.45, 7) is 0. The van der Waals surface area contributed by atoms with E-state index in [-0.39, 0.29) is 6.04 Å². The summed E-state index contributed by atoms with van der Waals surface area (Å²) >= 11 is 6.16. The molecule has 0 spiro atoms. The van der Waals surface area contributed by atoms with Crippen molar-refractivity contribution < 1.29 is 0 Å². The first-order valence-corrected chi connectivity index (χ1v) is 6.55. The smallest absolute Gasteiger partial charge is 0.0621 e. The lowest BCUT2D eigenvalue weighted by molar-refractivity contribution is 0.465. The summed E-state index contributed by atoms with van der Waals surface area (Å²) in [6.07, 6.45) is 5.44. The number of benzene rings is 1. The Morgan fingerprint density at radius 2 is 2.11 bits per heavy atom. The third kappa shape index (κ3) is 2.02. The highest BCUT2D eigenvalue weighted by Gasteiger charge is 2.29. The van der Waals surface area contributed by atoms with Crippen molar-refractivity contribution >= 4 is 11.6 Å². The van der Waals surface area contributed by atoms with Gasteiger partial charge in [0.15, 0.2) is 0 Å². The van der Waals surface area contributed by atoms with Crippen LogP contribution in [0.1, 0.15) is 22.7 Å². The fourth-order valence-corrected chi connectivity index (χ4v) is 2.96. The average molecular weight is 259 g/mol. The zero-order valence-electron chi connectivity index (χ0n) is 10.0. The van der Waals surface area contributed by atoms with Gasteiger partial charge in [-0.1, -0.05) is 35.9 Å². The molecule has 18 heavy (non-hydrogen) atoms. The molecule has 2 atom stereocenters. The Morgan fingerprint density at radius 1 is 1.28 bits per heavy atom. The number of halogens is 1. The topological polar surface area (TPSA) is 38.9 Å². The van der Waals surface area contributed by atoms with Gasteiger partial charge in [-0.25, -0.2) is 0 Å². The molecule has 0 saturated carbocycles. The van der Waals surface area contributed by atoms with Crippen molar-refractivity contribution in [2.24, 2.45) is 11.7 Å². The summed E-state index contributed by atoms with van der Waals surface area (Å²) in [5.41, 5.74) is 10.1. The van der Waals surface area contributed by atoms with Crippen molar-refractivity contribution in [2.75, 3.05) is 0 Å². The molecule has 1 aliphatic carbocycles. The summed E-state index contributed by atoms with van der Waals surface area (Å²) in [6, 6.07) is 10.5. The molecule has 1 aliphatic rings. The van der Waals surface area contributed by atoms with E-state index in [4.69, 9.17) is 17.3 Å². The maximum Gasteiger partial charge on any atom is 0.0621 e. The van der Waals surface area contributed by atoms with Gasteiger partial charge in [0, 0.05) is 18.4 Å². The standard InChI is InChI=1S/C15H15ClN2/c16-14-9-18-6-5-11(14)8-12-7-10-3-1-2-4-13(10)15(12)17/h1-6,9,12,15H,7-8,17H2. The van der Waals surface area contributed by atoms with Gasteiger partial charge in [-0.3, -0.25) is 4.98 Å². The summed E-state index contributed by atoms with van der Waals surface area (Å²) in [4.78, 5) is 4.01. The van der Waals surface area contributed by atoms with Gasteiger partial charge in [0.1, 0.15) is 0 Å². The lowest BCUT2D eigenvalue weighted by Gasteiger charge is -2.16. The number of aromatic nitrogens is 1. The van der Waals surface area contributed by atoms with Crippen LogP contribution in [0, 0.1) is 5.92 Å². The predicted octanol–water partition coefficient (Wildman–Crippen LogP) is 3.15. The molecule has 2 N–H and O–H groups in total. The SMILES string of the molecule is NC1c2ccccc2CC1Cc1ccncc1Cl. The van der Waals surface area contributed by atoms with Crippen molar-refractivity contribution in [3.8, 4) is 0 Å². The average Bonchev–Trinajstić information content (AvgIpc) is 2.70. The van der Waals surface area contributed by atoms with Gasteiger partial charge < -0.3 is 5.73 Å². The van der Waals surface area contributed by atoms with Crippen LogP contribution in [0.15, 0.2) is 42.7 Å². The molecule has 0 saturated heterocycles. The van der Waals surface area contributed by atoms with E-state index in [1.54, 1.807) is 12.4 Å². The van der Waals surface area contributed by atoms with Crippen LogP contribution >= 0.6 is 11.6 Å². The number of hydrogen-bond acceptors (Lipinski definition) is 2. The van der Waals surface area contributed by atoms with Gasteiger partial charge in [-0.15, -0.1) is 0 Å². The van der Waals surface area contributed by atoms with Gasteiger partial charge >= 0.3 is 0 Å². The zero-order valence-corrected chi connectivity index (χ0v) is 10.8. The molecule has 3 heteroatoms. The van der Waals surface area contributed by atoms with E-state index in [2.05, 4.69) is 29.2 Å². The lowest BCUT2D eigenvalue weighted by Crippen LogP contribution is -2.19. The molecule has 1 aromatic heterocycles. The highest BCUT2D eigenvalue weighted by Crippen LogP contribution is 2.36. The van der Waals surface area contributed by atoms with Crippen molar-refractivity contribution in [1.29, 1.82) is 0 Å². The first kappa shape index (κ1) is 11.7. The molecule has 0 bridgehead atoms. The molecule has 2 aromatic rings. The van der Waals surface area contributed by atoms with Crippen LogP contribution in [-0.2, 0) is 12.8 Å². The lowest BCUT2D eigenvalue weighted by atomic mass is 9.94. The Balaban J connectivity index is 1.83. The summed E-state index contributed by atoms with van der Waals surface area (Å²) in [5.74, 6) is 0.433. The van der Waals surface area contributed by atoms with Gasteiger partial charge in [-0.05, 0) is 41.5 Å². The molecular formula is C15H15ClN2. The van der Waals surface area contributed by atoms with E-state index in [1.807, 2.05) is 6.07 Å². The Bertz CT molecular complexity index is 568. The highest BCUT2D eigenvalue weighted by atomic mass is 35.5. The van der Waals surface area contributed by atoms with Gasteiger partial charge in [0.2, 0.25) is 0 Å². The molecule has 0 fully saturated rings. The number of nitrogens with two attached hydrogens (primary N) is 1. The largest absolute Gasteiger partial charge is 0.324 e. The number of fused-ring (bicyclic) bond motifs is 1. The number of rotatable bonds is 2. The minimum absolute atomic E-state index is 0.116. The van der Waals surface area contributed by atoms with Crippen molar-refractivity contribution in [3.63, 3.8) is 0 Å². The van der Waals surface area contributed by atoms with Crippen molar-refractivity contribution in [2.45, 2.75) is 18.9 Å². The molecule has 1 aromatic carbocycles. The Hall–Kier alpha value is -1.38. The highest BCUT2D eigenvalue weighted by molar-refractivity contribution is 6.31. The molecule has 1 heterocycles. The summed E-state index contributed by atoms with van der Waals surface area (Å²) in [5, 5.41) is 0.737. The summed E-state index contributed by atoms with van der Waals surface area (Å²) in [7, 11) is 0. The Labute approximate surface area is 112 Å². The van der Waals surface area contributed by atoms with Crippen LogP contribution in [0.4, 0.5) is 0 Å². The van der Waals surface area contributed by atoms with E-state index >= 15 is 0 Å². The molecule has 92 valence electrons. The normalized spacial score (nSPS) is 21.9. The van der Waals surface area contributed by atoms with Crippen LogP contribution in [-0.4, -0.2) is 4.98 Å². The zero-order chi connectivity index (χ0) is 12.5. The number of pyridine rings is 1. The second kappa shape index (κ2) is 4.71. The van der Waals surface area contributed by atoms with Gasteiger partial charge in [0.05, 0.1) is 5.02 Å².